The van der Waals surface area contributed by atoms with E-state index in [-0.39, 0.29) is 5.91 Å². The highest BCUT2D eigenvalue weighted by atomic mass is 16.5. The van der Waals surface area contributed by atoms with Gasteiger partial charge in [-0.3, -0.25) is 9.48 Å². The number of methoxy groups -OCH3 is 1. The molecular formula is C12H14N4O2. The summed E-state index contributed by atoms with van der Waals surface area (Å²) < 4.78 is 6.48. The molecule has 6 nitrogen and oxygen atoms in total. The first-order valence-electron chi connectivity index (χ1n) is 5.34. The number of nitrogen functional groups attached to an aromatic ring is 1. The third-order valence-electron chi connectivity index (χ3n) is 2.58. The molecular weight excluding hydrogens is 232 g/mol. The van der Waals surface area contributed by atoms with Crippen molar-refractivity contribution in [1.29, 1.82) is 0 Å². The Hall–Kier alpha value is -2.50. The lowest BCUT2D eigenvalue weighted by Crippen LogP contribution is -2.13. The van der Waals surface area contributed by atoms with E-state index in [4.69, 9.17) is 10.5 Å². The number of hydrogen-bond donors (Lipinski definition) is 2. The minimum atomic E-state index is -0.286. The SMILES string of the molecule is COc1ccc(NC(=O)c2cnn(C)c2N)cc1. The molecule has 1 amide bonds. The van der Waals surface area contributed by atoms with Gasteiger partial charge in [0.05, 0.1) is 13.3 Å². The van der Waals surface area contributed by atoms with Crippen LogP contribution in [-0.4, -0.2) is 22.8 Å². The maximum absolute atomic E-state index is 11.9. The number of rotatable bonds is 3. The molecule has 0 unspecified atom stereocenters. The van der Waals surface area contributed by atoms with E-state index in [2.05, 4.69) is 10.4 Å². The summed E-state index contributed by atoms with van der Waals surface area (Å²) in [5, 5.41) is 6.65. The van der Waals surface area contributed by atoms with Crippen molar-refractivity contribution in [2.75, 3.05) is 18.2 Å². The Morgan fingerprint density at radius 1 is 1.39 bits per heavy atom. The van der Waals surface area contributed by atoms with Gasteiger partial charge >= 0.3 is 0 Å². The molecule has 3 N–H and O–H groups in total. The van der Waals surface area contributed by atoms with Crippen LogP contribution in [0.25, 0.3) is 0 Å². The summed E-state index contributed by atoms with van der Waals surface area (Å²) in [5.41, 5.74) is 6.75. The Morgan fingerprint density at radius 2 is 2.06 bits per heavy atom. The molecule has 1 aromatic heterocycles. The first-order chi connectivity index (χ1) is 8.61. The van der Waals surface area contributed by atoms with Crippen molar-refractivity contribution in [2.24, 2.45) is 7.05 Å². The molecule has 1 aromatic carbocycles. The Morgan fingerprint density at radius 3 is 2.56 bits per heavy atom. The number of nitrogens with zero attached hydrogens (tertiary/aromatic N) is 2. The molecule has 0 spiro atoms. The van der Waals surface area contributed by atoms with Crippen LogP contribution in [0, 0.1) is 0 Å². The van der Waals surface area contributed by atoms with Gasteiger partial charge < -0.3 is 15.8 Å². The first kappa shape index (κ1) is 12.0. The van der Waals surface area contributed by atoms with Crippen LogP contribution in [0.5, 0.6) is 5.75 Å². The molecule has 1 heterocycles. The summed E-state index contributed by atoms with van der Waals surface area (Å²) in [6.07, 6.45) is 1.44. The zero-order valence-corrected chi connectivity index (χ0v) is 10.2. The Labute approximate surface area is 104 Å². The van der Waals surface area contributed by atoms with Gasteiger partial charge in [-0.15, -0.1) is 0 Å². The topological polar surface area (TPSA) is 82.2 Å². The van der Waals surface area contributed by atoms with Crippen molar-refractivity contribution in [3.8, 4) is 5.75 Å². The lowest BCUT2D eigenvalue weighted by Gasteiger charge is -2.05. The molecule has 0 saturated carbocycles. The van der Waals surface area contributed by atoms with Gasteiger partial charge in [-0.1, -0.05) is 0 Å². The number of nitrogens with one attached hydrogen (secondary N) is 1. The number of amides is 1. The van der Waals surface area contributed by atoms with Crippen LogP contribution in [0.3, 0.4) is 0 Å². The number of aromatic nitrogens is 2. The number of aryl methyl sites for hydroxylation is 1. The van der Waals surface area contributed by atoms with Gasteiger partial charge in [0.25, 0.3) is 5.91 Å². The van der Waals surface area contributed by atoms with Crippen LogP contribution in [0.2, 0.25) is 0 Å². The monoisotopic (exact) mass is 246 g/mol. The zero-order valence-electron chi connectivity index (χ0n) is 10.2. The van der Waals surface area contributed by atoms with Crippen LogP contribution in [-0.2, 0) is 7.05 Å². The van der Waals surface area contributed by atoms with Crippen LogP contribution >= 0.6 is 0 Å². The maximum Gasteiger partial charge on any atom is 0.261 e. The Kier molecular flexibility index (Phi) is 3.18. The lowest BCUT2D eigenvalue weighted by molar-refractivity contribution is 0.102. The average Bonchev–Trinajstić information content (AvgIpc) is 2.71. The van der Waals surface area contributed by atoms with Crippen LogP contribution in [0.4, 0.5) is 11.5 Å². The summed E-state index contributed by atoms with van der Waals surface area (Å²) in [4.78, 5) is 11.9. The molecule has 0 aliphatic rings. The minimum Gasteiger partial charge on any atom is -0.497 e. The zero-order chi connectivity index (χ0) is 13.1. The second-order valence-electron chi connectivity index (χ2n) is 3.75. The van der Waals surface area contributed by atoms with Gasteiger partial charge in [-0.2, -0.15) is 5.10 Å². The smallest absolute Gasteiger partial charge is 0.261 e. The van der Waals surface area contributed by atoms with E-state index in [1.54, 1.807) is 38.4 Å². The first-order valence-corrected chi connectivity index (χ1v) is 5.34. The van der Waals surface area contributed by atoms with Crippen LogP contribution in [0.1, 0.15) is 10.4 Å². The Balaban J connectivity index is 2.13. The molecule has 2 aromatic rings. The molecule has 6 heteroatoms. The molecule has 0 bridgehead atoms. The van der Waals surface area contributed by atoms with E-state index in [1.165, 1.54) is 10.9 Å². The van der Waals surface area contributed by atoms with Crippen LogP contribution in [0.15, 0.2) is 30.5 Å². The quantitative estimate of drug-likeness (QED) is 0.854. The largest absolute Gasteiger partial charge is 0.497 e. The lowest BCUT2D eigenvalue weighted by atomic mass is 10.2. The number of benzene rings is 1. The molecule has 0 fully saturated rings. The van der Waals surface area contributed by atoms with E-state index < -0.39 is 0 Å². The van der Waals surface area contributed by atoms with Gasteiger partial charge in [0, 0.05) is 12.7 Å². The standard InChI is InChI=1S/C12H14N4O2/c1-16-11(13)10(7-14-16)12(17)15-8-3-5-9(18-2)6-4-8/h3-7H,13H2,1-2H3,(H,15,17). The predicted octanol–water partition coefficient (Wildman–Crippen LogP) is 1.26. The van der Waals surface area contributed by atoms with Gasteiger partial charge in [-0.05, 0) is 24.3 Å². The molecule has 0 aliphatic carbocycles. The number of anilines is 2. The average molecular weight is 246 g/mol. The highest BCUT2D eigenvalue weighted by Gasteiger charge is 2.13. The fourth-order valence-electron chi connectivity index (χ4n) is 1.49. The van der Waals surface area contributed by atoms with Gasteiger partial charge in [-0.25, -0.2) is 0 Å². The fourth-order valence-corrected chi connectivity index (χ4v) is 1.49. The van der Waals surface area contributed by atoms with E-state index in [0.717, 1.165) is 5.75 Å². The minimum absolute atomic E-state index is 0.286. The van der Waals surface area contributed by atoms with Gasteiger partial charge in [0.15, 0.2) is 0 Å². The van der Waals surface area contributed by atoms with Gasteiger partial charge in [0.2, 0.25) is 0 Å². The number of hydrogen-bond acceptors (Lipinski definition) is 4. The van der Waals surface area contributed by atoms with Gasteiger partial charge in [0.1, 0.15) is 17.1 Å². The highest BCUT2D eigenvalue weighted by Crippen LogP contribution is 2.17. The molecule has 2 rings (SSSR count). The summed E-state index contributed by atoms with van der Waals surface area (Å²) in [7, 11) is 3.27. The molecule has 94 valence electrons. The van der Waals surface area contributed by atoms with Crippen LogP contribution < -0.4 is 15.8 Å². The second kappa shape index (κ2) is 4.79. The predicted molar refractivity (Wildman–Crippen MR) is 68.6 cm³/mol. The number of carbonyl (C=O) groups excluding carboxylic acids is 1. The fraction of sp³-hybridized carbons (Fsp3) is 0.167. The summed E-state index contributed by atoms with van der Waals surface area (Å²) in [5.74, 6) is 0.778. The molecule has 0 aliphatic heterocycles. The van der Waals surface area contributed by atoms with Crippen molar-refractivity contribution in [1.82, 2.24) is 9.78 Å². The number of ether oxygens (including phenoxy) is 1. The third-order valence-corrected chi connectivity index (χ3v) is 2.58. The molecule has 0 atom stereocenters. The number of nitrogens with two attached hydrogens (primary N) is 1. The maximum atomic E-state index is 11.9. The van der Waals surface area contributed by atoms with E-state index in [0.29, 0.717) is 17.1 Å². The summed E-state index contributed by atoms with van der Waals surface area (Å²) >= 11 is 0. The normalized spacial score (nSPS) is 10.1. The third kappa shape index (κ3) is 2.27. The highest BCUT2D eigenvalue weighted by molar-refractivity contribution is 6.07. The number of carbonyl (C=O) groups is 1. The van der Waals surface area contributed by atoms with Crippen molar-refractivity contribution in [3.05, 3.63) is 36.0 Å². The molecule has 0 saturated heterocycles. The molecule has 0 radical (unpaired) electrons. The summed E-state index contributed by atoms with van der Waals surface area (Å²) in [6.45, 7) is 0. The second-order valence-corrected chi connectivity index (χ2v) is 3.75. The van der Waals surface area contributed by atoms with Crippen molar-refractivity contribution in [3.63, 3.8) is 0 Å². The van der Waals surface area contributed by atoms with Crippen molar-refractivity contribution < 1.29 is 9.53 Å². The van der Waals surface area contributed by atoms with Crippen molar-refractivity contribution in [2.45, 2.75) is 0 Å². The van der Waals surface area contributed by atoms with Crippen molar-refractivity contribution >= 4 is 17.4 Å². The van der Waals surface area contributed by atoms with E-state index >= 15 is 0 Å². The van der Waals surface area contributed by atoms with E-state index in [9.17, 15) is 4.79 Å². The Bertz CT molecular complexity index is 560. The molecule has 18 heavy (non-hydrogen) atoms. The summed E-state index contributed by atoms with van der Waals surface area (Å²) in [6, 6.07) is 7.04. The van der Waals surface area contributed by atoms with E-state index in [1.807, 2.05) is 0 Å².